The van der Waals surface area contributed by atoms with Crippen LogP contribution in [0.4, 0.5) is 4.39 Å². The lowest BCUT2D eigenvalue weighted by atomic mass is 9.68. The molecule has 34 heavy (non-hydrogen) atoms. The summed E-state index contributed by atoms with van der Waals surface area (Å²) in [4.78, 5) is 34.7. The van der Waals surface area contributed by atoms with Crippen molar-refractivity contribution in [1.29, 1.82) is 0 Å². The number of aromatic nitrogens is 1. The number of halogens is 1. The second kappa shape index (κ2) is 9.82. The van der Waals surface area contributed by atoms with Crippen molar-refractivity contribution in [2.45, 2.75) is 45.6 Å². The zero-order valence-electron chi connectivity index (χ0n) is 20.6. The summed E-state index contributed by atoms with van der Waals surface area (Å²) in [7, 11) is 2.13. The summed E-state index contributed by atoms with van der Waals surface area (Å²) in [6.45, 7) is 9.04. The molecule has 2 aromatic rings. The number of rotatable bonds is 5. The molecule has 4 rings (SSSR count). The highest BCUT2D eigenvalue weighted by atomic mass is 19.1. The molecule has 6 nitrogen and oxygen atoms in total. The maximum atomic E-state index is 13.5. The number of benzene rings is 1. The molecule has 2 fully saturated rings. The van der Waals surface area contributed by atoms with Crippen molar-refractivity contribution < 1.29 is 14.0 Å². The Morgan fingerprint density at radius 1 is 1.15 bits per heavy atom. The molecule has 0 bridgehead atoms. The Labute approximate surface area is 201 Å². The molecule has 182 valence electrons. The molecule has 0 radical (unpaired) electrons. The SMILES string of the molecule is Cc1ccnc(C(=O)N[C@@H](C(=O)N2CCC3(CC2)CN(C)C[C@@H]3c2ccc(F)cc2)C(C)C)c1. The smallest absolute Gasteiger partial charge is 0.270 e. The standard InChI is InChI=1S/C27H35FN4O2/c1-18(2)24(30-25(33)23-15-19(3)9-12-29-23)26(34)32-13-10-27(11-14-32)17-31(4)16-22(27)20-5-7-21(28)8-6-20/h5-9,12,15,18,22,24H,10-11,13-14,16-17H2,1-4H3,(H,30,33)/t22-,24-/m1/s1. The first-order valence-corrected chi connectivity index (χ1v) is 12.1. The van der Waals surface area contributed by atoms with Gasteiger partial charge in [-0.2, -0.15) is 0 Å². The zero-order valence-corrected chi connectivity index (χ0v) is 20.6. The molecule has 2 aliphatic rings. The number of likely N-dealkylation sites (tertiary alicyclic amines) is 2. The number of amides is 2. The highest BCUT2D eigenvalue weighted by Gasteiger charge is 2.48. The van der Waals surface area contributed by atoms with E-state index in [0.717, 1.165) is 31.5 Å². The van der Waals surface area contributed by atoms with Crippen molar-refractivity contribution in [3.8, 4) is 0 Å². The number of nitrogens with zero attached hydrogens (tertiary/aromatic N) is 3. The van der Waals surface area contributed by atoms with Crippen LogP contribution in [0.2, 0.25) is 0 Å². The molecule has 1 aromatic carbocycles. The van der Waals surface area contributed by atoms with Gasteiger partial charge in [-0.25, -0.2) is 4.39 Å². The first-order chi connectivity index (χ1) is 16.2. The molecule has 0 unspecified atom stereocenters. The van der Waals surface area contributed by atoms with Gasteiger partial charge in [-0.3, -0.25) is 14.6 Å². The number of piperidine rings is 1. The van der Waals surface area contributed by atoms with Crippen molar-refractivity contribution in [3.05, 3.63) is 65.2 Å². The molecular weight excluding hydrogens is 431 g/mol. The van der Waals surface area contributed by atoms with E-state index in [1.807, 2.05) is 43.9 Å². The first-order valence-electron chi connectivity index (χ1n) is 12.1. The number of pyridine rings is 1. The Morgan fingerprint density at radius 2 is 1.82 bits per heavy atom. The Hall–Kier alpha value is -2.80. The molecule has 1 N–H and O–H groups in total. The van der Waals surface area contributed by atoms with Crippen LogP contribution in [0.1, 0.15) is 54.2 Å². The van der Waals surface area contributed by atoms with E-state index < -0.39 is 6.04 Å². The van der Waals surface area contributed by atoms with Gasteiger partial charge in [0.1, 0.15) is 17.6 Å². The van der Waals surface area contributed by atoms with Gasteiger partial charge in [0, 0.05) is 38.3 Å². The normalized spacial score (nSPS) is 21.1. The largest absolute Gasteiger partial charge is 0.341 e. The zero-order chi connectivity index (χ0) is 24.5. The average Bonchev–Trinajstić information content (AvgIpc) is 3.13. The fraction of sp³-hybridized carbons (Fsp3) is 0.519. The molecule has 0 aliphatic carbocycles. The predicted molar refractivity (Wildman–Crippen MR) is 130 cm³/mol. The monoisotopic (exact) mass is 466 g/mol. The highest BCUT2D eigenvalue weighted by Crippen LogP contribution is 2.49. The van der Waals surface area contributed by atoms with E-state index in [9.17, 15) is 14.0 Å². The molecule has 3 heterocycles. The number of nitrogens with one attached hydrogen (secondary N) is 1. The summed E-state index contributed by atoms with van der Waals surface area (Å²) in [6, 6.07) is 9.87. The van der Waals surface area contributed by atoms with E-state index in [-0.39, 0.29) is 29.0 Å². The summed E-state index contributed by atoms with van der Waals surface area (Å²) in [6.07, 6.45) is 3.39. The van der Waals surface area contributed by atoms with E-state index >= 15 is 0 Å². The van der Waals surface area contributed by atoms with Crippen molar-refractivity contribution in [2.75, 3.05) is 33.2 Å². The van der Waals surface area contributed by atoms with Gasteiger partial charge in [-0.15, -0.1) is 0 Å². The number of aryl methyl sites for hydroxylation is 1. The van der Waals surface area contributed by atoms with Crippen LogP contribution in [-0.2, 0) is 4.79 Å². The molecule has 2 atom stereocenters. The minimum Gasteiger partial charge on any atom is -0.341 e. The van der Waals surface area contributed by atoms with E-state index in [4.69, 9.17) is 0 Å². The van der Waals surface area contributed by atoms with Gasteiger partial charge in [-0.1, -0.05) is 26.0 Å². The minimum atomic E-state index is -0.594. The first kappa shape index (κ1) is 24.3. The van der Waals surface area contributed by atoms with Crippen LogP contribution in [0, 0.1) is 24.1 Å². The number of likely N-dealkylation sites (N-methyl/N-ethyl adjacent to an activating group) is 1. The van der Waals surface area contributed by atoms with Crippen molar-refractivity contribution >= 4 is 11.8 Å². The van der Waals surface area contributed by atoms with Crippen LogP contribution in [0.25, 0.3) is 0 Å². The lowest BCUT2D eigenvalue weighted by molar-refractivity contribution is -0.136. The number of carbonyl (C=O) groups is 2. The minimum absolute atomic E-state index is 0.0319. The maximum Gasteiger partial charge on any atom is 0.270 e. The third-order valence-electron chi connectivity index (χ3n) is 7.53. The third kappa shape index (κ3) is 4.99. The van der Waals surface area contributed by atoms with Gasteiger partial charge in [0.15, 0.2) is 0 Å². The molecule has 1 spiro atoms. The summed E-state index contributed by atoms with van der Waals surface area (Å²) < 4.78 is 13.5. The van der Waals surface area contributed by atoms with E-state index in [0.29, 0.717) is 24.7 Å². The van der Waals surface area contributed by atoms with Crippen LogP contribution < -0.4 is 5.32 Å². The molecule has 2 saturated heterocycles. The van der Waals surface area contributed by atoms with Crippen molar-refractivity contribution in [1.82, 2.24) is 20.1 Å². The number of hydrogen-bond donors (Lipinski definition) is 1. The lowest BCUT2D eigenvalue weighted by Crippen LogP contribution is -2.54. The van der Waals surface area contributed by atoms with Gasteiger partial charge < -0.3 is 15.1 Å². The van der Waals surface area contributed by atoms with Crippen LogP contribution in [0.3, 0.4) is 0 Å². The Bertz CT molecular complexity index is 1030. The van der Waals surface area contributed by atoms with Gasteiger partial charge >= 0.3 is 0 Å². The summed E-state index contributed by atoms with van der Waals surface area (Å²) in [5.74, 6) is -0.286. The predicted octanol–water partition coefficient (Wildman–Crippen LogP) is 3.62. The van der Waals surface area contributed by atoms with Gasteiger partial charge in [0.2, 0.25) is 5.91 Å². The van der Waals surface area contributed by atoms with Gasteiger partial charge in [0.25, 0.3) is 5.91 Å². The van der Waals surface area contributed by atoms with Gasteiger partial charge in [0.05, 0.1) is 0 Å². The molecule has 1 aromatic heterocycles. The summed E-state index contributed by atoms with van der Waals surface area (Å²) in [5, 5.41) is 2.93. The van der Waals surface area contributed by atoms with E-state index in [1.54, 1.807) is 24.4 Å². The molecular formula is C27H35FN4O2. The Morgan fingerprint density at radius 3 is 2.44 bits per heavy atom. The molecule has 2 amide bonds. The second-order valence-corrected chi connectivity index (χ2v) is 10.4. The number of hydrogen-bond acceptors (Lipinski definition) is 4. The van der Waals surface area contributed by atoms with Crippen LogP contribution >= 0.6 is 0 Å². The second-order valence-electron chi connectivity index (χ2n) is 10.4. The quantitative estimate of drug-likeness (QED) is 0.731. The fourth-order valence-electron chi connectivity index (χ4n) is 5.64. The van der Waals surface area contributed by atoms with E-state index in [2.05, 4.69) is 22.2 Å². The topological polar surface area (TPSA) is 65.5 Å². The highest BCUT2D eigenvalue weighted by molar-refractivity contribution is 5.96. The molecule has 0 saturated carbocycles. The van der Waals surface area contributed by atoms with Crippen LogP contribution in [-0.4, -0.2) is 65.9 Å². The third-order valence-corrected chi connectivity index (χ3v) is 7.53. The van der Waals surface area contributed by atoms with Crippen LogP contribution in [0.15, 0.2) is 42.6 Å². The Kier molecular flexibility index (Phi) is 7.03. The number of carbonyl (C=O) groups excluding carboxylic acids is 2. The summed E-state index contributed by atoms with van der Waals surface area (Å²) in [5.41, 5.74) is 2.52. The molecule has 2 aliphatic heterocycles. The van der Waals surface area contributed by atoms with E-state index in [1.165, 1.54) is 5.56 Å². The van der Waals surface area contributed by atoms with Gasteiger partial charge in [-0.05, 0) is 73.5 Å². The fourth-order valence-corrected chi connectivity index (χ4v) is 5.64. The van der Waals surface area contributed by atoms with Crippen LogP contribution in [0.5, 0.6) is 0 Å². The molecule has 7 heteroatoms. The van der Waals surface area contributed by atoms with Crippen molar-refractivity contribution in [3.63, 3.8) is 0 Å². The average molecular weight is 467 g/mol. The Balaban J connectivity index is 1.45. The van der Waals surface area contributed by atoms with Crippen molar-refractivity contribution in [2.24, 2.45) is 11.3 Å². The lowest BCUT2D eigenvalue weighted by Gasteiger charge is -2.44. The maximum absolute atomic E-state index is 13.5. The summed E-state index contributed by atoms with van der Waals surface area (Å²) >= 11 is 0.